The monoisotopic (exact) mass is 393 g/mol. The highest BCUT2D eigenvalue weighted by Gasteiger charge is 2.13. The molecule has 0 aliphatic rings. The first-order valence-electron chi connectivity index (χ1n) is 9.02. The van der Waals surface area contributed by atoms with Crippen LogP contribution in [-0.2, 0) is 4.74 Å². The fourth-order valence-electron chi connectivity index (χ4n) is 2.67. The number of anilines is 1. The molecule has 0 radical (unpaired) electrons. The maximum absolute atomic E-state index is 12.6. The van der Waals surface area contributed by atoms with Crippen LogP contribution in [0.3, 0.4) is 0 Å². The molecule has 0 heterocycles. The Balaban J connectivity index is 1.74. The Kier molecular flexibility index (Phi) is 6.45. The molecule has 0 saturated heterocycles. The minimum Gasteiger partial charge on any atom is -0.462 e. The van der Waals surface area contributed by atoms with E-state index in [9.17, 15) is 9.59 Å². The van der Waals surface area contributed by atoms with Crippen LogP contribution in [0.1, 0.15) is 34.1 Å². The van der Waals surface area contributed by atoms with Gasteiger partial charge in [-0.05, 0) is 47.9 Å². The van der Waals surface area contributed by atoms with Crippen LogP contribution >= 0.6 is 11.6 Å². The lowest BCUT2D eigenvalue weighted by molar-refractivity contribution is 0.0505. The molecule has 3 aromatic carbocycles. The van der Waals surface area contributed by atoms with Gasteiger partial charge >= 0.3 is 5.97 Å². The molecule has 142 valence electrons. The third-order valence-corrected chi connectivity index (χ3v) is 4.47. The van der Waals surface area contributed by atoms with Crippen molar-refractivity contribution >= 4 is 29.2 Å². The highest BCUT2D eigenvalue weighted by Crippen LogP contribution is 2.25. The largest absolute Gasteiger partial charge is 0.462 e. The summed E-state index contributed by atoms with van der Waals surface area (Å²) in [5.41, 5.74) is 3.30. The van der Waals surface area contributed by atoms with E-state index in [1.807, 2.05) is 49.4 Å². The molecule has 0 bridgehead atoms. The molecule has 3 rings (SSSR count). The number of carbonyl (C=O) groups excluding carboxylic acids is 2. The van der Waals surface area contributed by atoms with Crippen LogP contribution in [-0.4, -0.2) is 18.5 Å². The number of hydrogen-bond donors (Lipinski definition) is 1. The van der Waals surface area contributed by atoms with E-state index in [-0.39, 0.29) is 5.91 Å². The van der Waals surface area contributed by atoms with Crippen molar-refractivity contribution in [2.75, 3.05) is 11.9 Å². The Bertz CT molecular complexity index is 969. The van der Waals surface area contributed by atoms with Gasteiger partial charge in [0.05, 0.1) is 22.9 Å². The number of halogens is 1. The Morgan fingerprint density at radius 3 is 2.21 bits per heavy atom. The van der Waals surface area contributed by atoms with Crippen molar-refractivity contribution in [2.45, 2.75) is 13.3 Å². The molecule has 0 fully saturated rings. The van der Waals surface area contributed by atoms with Crippen LogP contribution in [0.5, 0.6) is 0 Å². The van der Waals surface area contributed by atoms with Crippen LogP contribution < -0.4 is 5.32 Å². The molecule has 0 aromatic heterocycles. The molecule has 0 aliphatic heterocycles. The molecule has 0 aliphatic carbocycles. The van der Waals surface area contributed by atoms with Gasteiger partial charge in [-0.1, -0.05) is 61.0 Å². The molecule has 28 heavy (non-hydrogen) atoms. The number of amides is 1. The Morgan fingerprint density at radius 2 is 1.54 bits per heavy atom. The van der Waals surface area contributed by atoms with E-state index in [4.69, 9.17) is 16.3 Å². The summed E-state index contributed by atoms with van der Waals surface area (Å²) in [5, 5.41) is 3.11. The van der Waals surface area contributed by atoms with Crippen molar-refractivity contribution < 1.29 is 14.3 Å². The highest BCUT2D eigenvalue weighted by atomic mass is 35.5. The first-order valence-corrected chi connectivity index (χ1v) is 9.40. The van der Waals surface area contributed by atoms with E-state index in [1.54, 1.807) is 24.3 Å². The van der Waals surface area contributed by atoms with Crippen molar-refractivity contribution in [2.24, 2.45) is 0 Å². The smallest absolute Gasteiger partial charge is 0.338 e. The fourth-order valence-corrected chi connectivity index (χ4v) is 2.83. The zero-order valence-corrected chi connectivity index (χ0v) is 16.2. The normalized spacial score (nSPS) is 10.4. The number of nitrogens with one attached hydrogen (secondary N) is 1. The second kappa shape index (κ2) is 9.20. The average Bonchev–Trinajstić information content (AvgIpc) is 2.74. The third kappa shape index (κ3) is 4.78. The third-order valence-electron chi connectivity index (χ3n) is 4.14. The van der Waals surface area contributed by atoms with Gasteiger partial charge in [0.25, 0.3) is 5.91 Å². The SMILES string of the molecule is CCCOC(=O)c1ccc(Cl)c(NC(=O)c2ccc(-c3ccccc3)cc2)c1. The Morgan fingerprint density at radius 1 is 0.893 bits per heavy atom. The molecule has 1 amide bonds. The second-order valence-corrected chi connectivity index (χ2v) is 6.64. The standard InChI is InChI=1S/C23H20ClNO3/c1-2-14-28-23(27)19-12-13-20(24)21(15-19)25-22(26)18-10-8-17(9-11-18)16-6-4-3-5-7-16/h3-13,15H,2,14H2,1H3,(H,25,26). The summed E-state index contributed by atoms with van der Waals surface area (Å²) in [6.45, 7) is 2.26. The molecule has 0 unspecified atom stereocenters. The van der Waals surface area contributed by atoms with E-state index >= 15 is 0 Å². The number of benzene rings is 3. The summed E-state index contributed by atoms with van der Waals surface area (Å²) in [6.07, 6.45) is 0.738. The van der Waals surface area contributed by atoms with Gasteiger partial charge in [0.15, 0.2) is 0 Å². The minimum atomic E-state index is -0.443. The number of esters is 1. The van der Waals surface area contributed by atoms with Gasteiger partial charge in [-0.25, -0.2) is 4.79 Å². The summed E-state index contributed by atoms with van der Waals surface area (Å²) in [4.78, 5) is 24.6. The van der Waals surface area contributed by atoms with Gasteiger partial charge < -0.3 is 10.1 Å². The summed E-state index contributed by atoms with van der Waals surface area (Å²) < 4.78 is 5.12. The van der Waals surface area contributed by atoms with Gasteiger partial charge in [0.2, 0.25) is 0 Å². The average molecular weight is 394 g/mol. The number of carbonyl (C=O) groups is 2. The van der Waals surface area contributed by atoms with Crippen molar-refractivity contribution in [3.05, 3.63) is 88.9 Å². The zero-order valence-electron chi connectivity index (χ0n) is 15.4. The van der Waals surface area contributed by atoms with Crippen LogP contribution in [0.25, 0.3) is 11.1 Å². The molecule has 0 saturated carbocycles. The first kappa shape index (κ1) is 19.6. The molecular weight excluding hydrogens is 374 g/mol. The predicted molar refractivity (Wildman–Crippen MR) is 112 cm³/mol. The minimum absolute atomic E-state index is 0.305. The Hall–Kier alpha value is -3.11. The van der Waals surface area contributed by atoms with Crippen LogP contribution in [0.4, 0.5) is 5.69 Å². The molecule has 0 spiro atoms. The van der Waals surface area contributed by atoms with Crippen molar-refractivity contribution in [3.63, 3.8) is 0 Å². The van der Waals surface area contributed by atoms with Crippen LogP contribution in [0.15, 0.2) is 72.8 Å². The molecule has 5 heteroatoms. The highest BCUT2D eigenvalue weighted by molar-refractivity contribution is 6.34. The molecule has 4 nitrogen and oxygen atoms in total. The number of ether oxygens (including phenoxy) is 1. The van der Waals surface area contributed by atoms with Gasteiger partial charge in [0, 0.05) is 5.56 Å². The van der Waals surface area contributed by atoms with Crippen LogP contribution in [0.2, 0.25) is 5.02 Å². The number of rotatable bonds is 6. The first-order chi connectivity index (χ1) is 13.6. The van der Waals surface area contributed by atoms with E-state index < -0.39 is 5.97 Å². The lowest BCUT2D eigenvalue weighted by Crippen LogP contribution is -2.13. The molecule has 3 aromatic rings. The Labute approximate surface area is 169 Å². The van der Waals surface area contributed by atoms with Crippen LogP contribution in [0, 0.1) is 0 Å². The predicted octanol–water partition coefficient (Wildman–Crippen LogP) is 5.83. The maximum Gasteiger partial charge on any atom is 0.338 e. The van der Waals surface area contributed by atoms with E-state index in [1.165, 1.54) is 6.07 Å². The summed E-state index contributed by atoms with van der Waals surface area (Å²) in [5.74, 6) is -0.748. The lowest BCUT2D eigenvalue weighted by atomic mass is 10.0. The fraction of sp³-hybridized carbons (Fsp3) is 0.130. The van der Waals surface area contributed by atoms with E-state index in [2.05, 4.69) is 5.32 Å². The van der Waals surface area contributed by atoms with Crippen molar-refractivity contribution in [1.82, 2.24) is 0 Å². The molecule has 1 N–H and O–H groups in total. The molecular formula is C23H20ClNO3. The second-order valence-electron chi connectivity index (χ2n) is 6.23. The maximum atomic E-state index is 12.6. The topological polar surface area (TPSA) is 55.4 Å². The number of hydrogen-bond acceptors (Lipinski definition) is 3. The van der Waals surface area contributed by atoms with E-state index in [0.717, 1.165) is 17.5 Å². The van der Waals surface area contributed by atoms with Crippen molar-refractivity contribution in [1.29, 1.82) is 0 Å². The summed E-state index contributed by atoms with van der Waals surface area (Å²) >= 11 is 6.18. The van der Waals surface area contributed by atoms with Crippen molar-refractivity contribution in [3.8, 4) is 11.1 Å². The summed E-state index contributed by atoms with van der Waals surface area (Å²) in [7, 11) is 0. The quantitative estimate of drug-likeness (QED) is 0.536. The van der Waals surface area contributed by atoms with Gasteiger partial charge in [-0.15, -0.1) is 0 Å². The van der Waals surface area contributed by atoms with Gasteiger partial charge in [0.1, 0.15) is 0 Å². The molecule has 0 atom stereocenters. The van der Waals surface area contributed by atoms with E-state index in [0.29, 0.717) is 28.4 Å². The van der Waals surface area contributed by atoms with Gasteiger partial charge in [-0.3, -0.25) is 4.79 Å². The zero-order chi connectivity index (χ0) is 19.9. The van der Waals surface area contributed by atoms with Gasteiger partial charge in [-0.2, -0.15) is 0 Å². The lowest BCUT2D eigenvalue weighted by Gasteiger charge is -2.10. The summed E-state index contributed by atoms with van der Waals surface area (Å²) in [6, 6.07) is 21.9.